The third-order valence-electron chi connectivity index (χ3n) is 1.71. The van der Waals surface area contributed by atoms with E-state index in [2.05, 4.69) is 31.9 Å². The maximum atomic E-state index is 11.7. The molecule has 0 saturated heterocycles. The summed E-state index contributed by atoms with van der Waals surface area (Å²) in [4.78, 5) is 11.7. The van der Waals surface area contributed by atoms with Crippen LogP contribution in [-0.4, -0.2) is 24.6 Å². The van der Waals surface area contributed by atoms with Gasteiger partial charge in [-0.3, -0.25) is 4.79 Å². The topological polar surface area (TPSA) is 51.2 Å². The Morgan fingerprint density at radius 3 is 2.13 bits per heavy atom. The van der Waals surface area contributed by atoms with E-state index >= 15 is 0 Å². The van der Waals surface area contributed by atoms with Gasteiger partial charge in [0.05, 0.1) is 0 Å². The molecule has 0 heterocycles. The van der Waals surface area contributed by atoms with Crippen LogP contribution in [0.4, 0.5) is 0 Å². The summed E-state index contributed by atoms with van der Waals surface area (Å²) in [5.74, 6) is -0.454. The zero-order chi connectivity index (χ0) is 11.6. The molecule has 0 aliphatic heterocycles. The lowest BCUT2D eigenvalue weighted by Gasteiger charge is -2.06. The number of halogens is 2. The number of carbonyl (C=O) groups is 1. The van der Waals surface area contributed by atoms with Crippen LogP contribution in [0.3, 0.4) is 0 Å². The molecule has 0 spiro atoms. The number of sulfone groups is 1. The highest BCUT2D eigenvalue weighted by molar-refractivity contribution is 9.11. The van der Waals surface area contributed by atoms with Gasteiger partial charge in [0.2, 0.25) is 0 Å². The molecular formula is C9H8Br2O3S. The van der Waals surface area contributed by atoms with Gasteiger partial charge in [0, 0.05) is 16.3 Å². The highest BCUT2D eigenvalue weighted by Gasteiger charge is 2.26. The van der Waals surface area contributed by atoms with Gasteiger partial charge in [-0.25, -0.2) is 8.42 Å². The van der Waals surface area contributed by atoms with Crippen molar-refractivity contribution in [3.8, 4) is 0 Å². The number of alkyl halides is 1. The molecule has 0 amide bonds. The molecule has 0 fully saturated rings. The quantitative estimate of drug-likeness (QED) is 0.618. The summed E-state index contributed by atoms with van der Waals surface area (Å²) in [6.45, 7) is 0. The monoisotopic (exact) mass is 354 g/mol. The molecule has 0 N–H and O–H groups in total. The molecule has 1 aromatic rings. The molecular weight excluding hydrogens is 348 g/mol. The summed E-state index contributed by atoms with van der Waals surface area (Å²) in [5, 5.41) is 0. The van der Waals surface area contributed by atoms with Gasteiger partial charge in [-0.1, -0.05) is 44.0 Å². The van der Waals surface area contributed by atoms with Crippen LogP contribution in [0.1, 0.15) is 10.4 Å². The van der Waals surface area contributed by atoms with Gasteiger partial charge in [0.25, 0.3) is 0 Å². The molecule has 0 aromatic heterocycles. The lowest BCUT2D eigenvalue weighted by atomic mass is 10.1. The smallest absolute Gasteiger partial charge is 0.191 e. The third kappa shape index (κ3) is 3.39. The van der Waals surface area contributed by atoms with Crippen molar-refractivity contribution in [2.45, 2.75) is 4.16 Å². The van der Waals surface area contributed by atoms with E-state index in [0.717, 1.165) is 10.7 Å². The number of rotatable bonds is 3. The summed E-state index contributed by atoms with van der Waals surface area (Å²) in [5.41, 5.74) is 0.366. The molecule has 0 aliphatic rings. The number of carbonyl (C=O) groups excluding carboxylic acids is 1. The Morgan fingerprint density at radius 1 is 1.27 bits per heavy atom. The summed E-state index contributed by atoms with van der Waals surface area (Å²) < 4.78 is 21.9. The molecule has 0 aliphatic carbocycles. The van der Waals surface area contributed by atoms with Crippen molar-refractivity contribution in [3.63, 3.8) is 0 Å². The van der Waals surface area contributed by atoms with E-state index in [1.807, 2.05) is 0 Å². The molecule has 3 nitrogen and oxygen atoms in total. The van der Waals surface area contributed by atoms with E-state index in [1.165, 1.54) is 0 Å². The van der Waals surface area contributed by atoms with E-state index in [1.54, 1.807) is 24.3 Å². The van der Waals surface area contributed by atoms with E-state index in [-0.39, 0.29) is 0 Å². The van der Waals surface area contributed by atoms with Gasteiger partial charge in [-0.15, -0.1) is 0 Å². The second-order valence-corrected chi connectivity index (χ2v) is 7.58. The molecule has 0 bridgehead atoms. The maximum absolute atomic E-state index is 11.7. The van der Waals surface area contributed by atoms with Crippen LogP contribution in [-0.2, 0) is 9.84 Å². The zero-order valence-corrected chi connectivity index (χ0v) is 11.8. The van der Waals surface area contributed by atoms with Crippen LogP contribution in [0.15, 0.2) is 28.7 Å². The summed E-state index contributed by atoms with van der Waals surface area (Å²) in [6.07, 6.45) is 1.02. The largest absolute Gasteiger partial charge is 0.292 e. The minimum Gasteiger partial charge on any atom is -0.292 e. The standard InChI is InChI=1S/C9H8Br2O3S/c1-15(13,14)9(11)8(12)6-2-4-7(10)5-3-6/h2-5,9H,1H3/t9-/m0/s1. The Balaban J connectivity index is 3.01. The number of hydrogen-bond donors (Lipinski definition) is 0. The number of ketones is 1. The first-order valence-electron chi connectivity index (χ1n) is 3.95. The fourth-order valence-electron chi connectivity index (χ4n) is 0.940. The molecule has 0 radical (unpaired) electrons. The van der Waals surface area contributed by atoms with E-state index in [4.69, 9.17) is 0 Å². The van der Waals surface area contributed by atoms with Crippen molar-refractivity contribution in [3.05, 3.63) is 34.3 Å². The van der Waals surface area contributed by atoms with Crippen LogP contribution in [0, 0.1) is 0 Å². The summed E-state index contributed by atoms with van der Waals surface area (Å²) in [6, 6.07) is 6.53. The number of Topliss-reactive ketones (excluding diaryl/α,β-unsaturated/α-hetero) is 1. The average Bonchev–Trinajstić information content (AvgIpc) is 2.15. The van der Waals surface area contributed by atoms with Gasteiger partial charge in [-0.2, -0.15) is 0 Å². The van der Waals surface area contributed by atoms with Gasteiger partial charge >= 0.3 is 0 Å². The van der Waals surface area contributed by atoms with Gasteiger partial charge in [0.15, 0.2) is 19.8 Å². The Hall–Kier alpha value is -0.200. The molecule has 1 aromatic carbocycles. The maximum Gasteiger partial charge on any atom is 0.191 e. The fourth-order valence-corrected chi connectivity index (χ4v) is 1.99. The number of hydrogen-bond acceptors (Lipinski definition) is 3. The van der Waals surface area contributed by atoms with E-state index in [0.29, 0.717) is 5.56 Å². The highest BCUT2D eigenvalue weighted by atomic mass is 79.9. The Morgan fingerprint density at radius 2 is 1.73 bits per heavy atom. The first-order chi connectivity index (χ1) is 6.82. The van der Waals surface area contributed by atoms with Crippen LogP contribution < -0.4 is 0 Å². The van der Waals surface area contributed by atoms with Crippen molar-refractivity contribution in [2.24, 2.45) is 0 Å². The lowest BCUT2D eigenvalue weighted by Crippen LogP contribution is -2.23. The molecule has 6 heteroatoms. The Kier molecular flexibility index (Phi) is 4.08. The SMILES string of the molecule is CS(=O)(=O)[C@H](Br)C(=O)c1ccc(Br)cc1. The normalized spacial score (nSPS) is 13.5. The predicted octanol–water partition coefficient (Wildman–Crippen LogP) is 2.40. The van der Waals surface area contributed by atoms with Crippen molar-refractivity contribution >= 4 is 47.5 Å². The molecule has 1 rings (SSSR count). The predicted molar refractivity (Wildman–Crippen MR) is 66.0 cm³/mol. The van der Waals surface area contributed by atoms with Crippen molar-refractivity contribution in [2.75, 3.05) is 6.26 Å². The van der Waals surface area contributed by atoms with Gasteiger partial charge in [-0.05, 0) is 12.1 Å². The zero-order valence-electron chi connectivity index (χ0n) is 7.78. The lowest BCUT2D eigenvalue weighted by molar-refractivity contribution is 0.101. The molecule has 0 unspecified atom stereocenters. The first-order valence-corrected chi connectivity index (χ1v) is 7.61. The minimum absolute atomic E-state index is 0.366. The Labute approximate surface area is 105 Å². The highest BCUT2D eigenvalue weighted by Crippen LogP contribution is 2.17. The molecule has 1 atom stereocenters. The van der Waals surface area contributed by atoms with Crippen molar-refractivity contribution < 1.29 is 13.2 Å². The van der Waals surface area contributed by atoms with Crippen LogP contribution in [0.25, 0.3) is 0 Å². The second kappa shape index (κ2) is 4.76. The molecule has 0 saturated carbocycles. The average molecular weight is 356 g/mol. The van der Waals surface area contributed by atoms with Crippen LogP contribution in [0.2, 0.25) is 0 Å². The van der Waals surface area contributed by atoms with E-state index < -0.39 is 19.8 Å². The first kappa shape index (κ1) is 12.9. The summed E-state index contributed by atoms with van der Waals surface area (Å²) >= 11 is 6.10. The van der Waals surface area contributed by atoms with Crippen LogP contribution in [0.5, 0.6) is 0 Å². The minimum atomic E-state index is -3.40. The third-order valence-corrected chi connectivity index (χ3v) is 5.66. The second-order valence-electron chi connectivity index (χ2n) is 3.02. The number of benzene rings is 1. The van der Waals surface area contributed by atoms with Crippen molar-refractivity contribution in [1.82, 2.24) is 0 Å². The van der Waals surface area contributed by atoms with Gasteiger partial charge in [0.1, 0.15) is 0 Å². The Bertz CT molecular complexity index is 465. The summed E-state index contributed by atoms with van der Waals surface area (Å²) in [7, 11) is -3.40. The molecule has 82 valence electrons. The van der Waals surface area contributed by atoms with E-state index in [9.17, 15) is 13.2 Å². The van der Waals surface area contributed by atoms with Gasteiger partial charge < -0.3 is 0 Å². The fraction of sp³-hybridized carbons (Fsp3) is 0.222. The van der Waals surface area contributed by atoms with Crippen LogP contribution >= 0.6 is 31.9 Å². The van der Waals surface area contributed by atoms with Crippen molar-refractivity contribution in [1.29, 1.82) is 0 Å². The molecule has 15 heavy (non-hydrogen) atoms.